The molecule has 0 aromatic carbocycles. The molecule has 0 aliphatic carbocycles. The Kier molecular flexibility index (Phi) is 6.04. The highest BCUT2D eigenvalue weighted by atomic mass is 19.4. The van der Waals surface area contributed by atoms with Gasteiger partial charge in [0.05, 0.1) is 6.54 Å². The predicted molar refractivity (Wildman–Crippen MR) is 75.7 cm³/mol. The van der Waals surface area contributed by atoms with Crippen LogP contribution in [0.25, 0.3) is 0 Å². The number of halogens is 3. The van der Waals surface area contributed by atoms with E-state index in [0.717, 1.165) is 6.42 Å². The molecule has 1 rings (SSSR count). The predicted octanol–water partition coefficient (Wildman–Crippen LogP) is 1.85. The van der Waals surface area contributed by atoms with E-state index in [2.05, 4.69) is 20.8 Å². The minimum Gasteiger partial charge on any atom is -0.340 e. The second-order valence-electron chi connectivity index (χ2n) is 7.00. The number of piperazine rings is 1. The van der Waals surface area contributed by atoms with Gasteiger partial charge < -0.3 is 10.6 Å². The lowest BCUT2D eigenvalue weighted by Gasteiger charge is -2.35. The average molecular weight is 309 g/mol. The lowest BCUT2D eigenvalue weighted by Crippen LogP contribution is -2.51. The van der Waals surface area contributed by atoms with Crippen molar-refractivity contribution in [3.8, 4) is 0 Å². The molecule has 0 bridgehead atoms. The van der Waals surface area contributed by atoms with Gasteiger partial charge in [0.2, 0.25) is 5.91 Å². The number of rotatable bonds is 4. The Morgan fingerprint density at radius 3 is 2.10 bits per heavy atom. The van der Waals surface area contributed by atoms with E-state index in [1.165, 1.54) is 4.90 Å². The molecule has 124 valence electrons. The monoisotopic (exact) mass is 309 g/mol. The van der Waals surface area contributed by atoms with E-state index in [4.69, 9.17) is 5.73 Å². The van der Waals surface area contributed by atoms with Crippen LogP contribution >= 0.6 is 0 Å². The van der Waals surface area contributed by atoms with Gasteiger partial charge in [-0.1, -0.05) is 20.8 Å². The first-order valence-electron chi connectivity index (χ1n) is 7.29. The lowest BCUT2D eigenvalue weighted by molar-refractivity contribution is -0.151. The first-order valence-corrected chi connectivity index (χ1v) is 7.29. The number of nitrogens with two attached hydrogens (primary N) is 1. The van der Waals surface area contributed by atoms with Gasteiger partial charge in [0.15, 0.2) is 0 Å². The maximum Gasteiger partial charge on any atom is 0.401 e. The van der Waals surface area contributed by atoms with Crippen molar-refractivity contribution in [3.05, 3.63) is 0 Å². The van der Waals surface area contributed by atoms with Crippen LogP contribution in [-0.2, 0) is 4.79 Å². The Balaban J connectivity index is 2.35. The van der Waals surface area contributed by atoms with E-state index in [0.29, 0.717) is 13.1 Å². The van der Waals surface area contributed by atoms with Crippen molar-refractivity contribution in [3.63, 3.8) is 0 Å². The Labute approximate surface area is 124 Å². The van der Waals surface area contributed by atoms with Crippen molar-refractivity contribution in [2.24, 2.45) is 11.1 Å². The zero-order valence-electron chi connectivity index (χ0n) is 13.0. The van der Waals surface area contributed by atoms with Crippen molar-refractivity contribution in [1.29, 1.82) is 0 Å². The molecule has 1 aliphatic heterocycles. The molecule has 1 aliphatic rings. The van der Waals surface area contributed by atoms with E-state index in [1.54, 1.807) is 4.90 Å². The smallest absolute Gasteiger partial charge is 0.340 e. The minimum absolute atomic E-state index is 0.0570. The van der Waals surface area contributed by atoms with Crippen molar-refractivity contribution < 1.29 is 18.0 Å². The summed E-state index contributed by atoms with van der Waals surface area (Å²) in [6.45, 7) is 6.50. The molecule has 1 amide bonds. The second-order valence-corrected chi connectivity index (χ2v) is 7.00. The van der Waals surface area contributed by atoms with Gasteiger partial charge in [0.1, 0.15) is 0 Å². The van der Waals surface area contributed by atoms with Gasteiger partial charge >= 0.3 is 6.18 Å². The summed E-state index contributed by atoms with van der Waals surface area (Å²) in [5.74, 6) is -0.0570. The summed E-state index contributed by atoms with van der Waals surface area (Å²) >= 11 is 0. The molecule has 1 saturated heterocycles. The maximum atomic E-state index is 12.3. The summed E-state index contributed by atoms with van der Waals surface area (Å²) in [5.41, 5.74) is 6.03. The van der Waals surface area contributed by atoms with E-state index in [9.17, 15) is 18.0 Å². The van der Waals surface area contributed by atoms with Crippen LogP contribution in [0.4, 0.5) is 13.2 Å². The molecule has 0 aromatic heterocycles. The zero-order valence-corrected chi connectivity index (χ0v) is 13.0. The van der Waals surface area contributed by atoms with Crippen LogP contribution < -0.4 is 5.73 Å². The standard InChI is InChI=1S/C14H26F3N3O/c1-13(2,3)9-11(18)8-12(21)20-6-4-19(5-7-20)10-14(15,16)17/h11H,4-10,18H2,1-3H3. The number of nitrogens with zero attached hydrogens (tertiary/aromatic N) is 2. The summed E-state index contributed by atoms with van der Waals surface area (Å²) in [6.07, 6.45) is -3.18. The first kappa shape index (κ1) is 18.2. The van der Waals surface area contributed by atoms with Crippen LogP contribution in [0.5, 0.6) is 0 Å². The van der Waals surface area contributed by atoms with Crippen molar-refractivity contribution in [1.82, 2.24) is 9.80 Å². The normalized spacial score (nSPS) is 19.7. The summed E-state index contributed by atoms with van der Waals surface area (Å²) in [6, 6.07) is -0.203. The highest BCUT2D eigenvalue weighted by Crippen LogP contribution is 2.22. The van der Waals surface area contributed by atoms with Gasteiger partial charge in [0, 0.05) is 38.6 Å². The third kappa shape index (κ3) is 7.66. The summed E-state index contributed by atoms with van der Waals surface area (Å²) < 4.78 is 36.9. The molecular formula is C14H26F3N3O. The van der Waals surface area contributed by atoms with Crippen molar-refractivity contribution in [2.75, 3.05) is 32.7 Å². The number of hydrogen-bond donors (Lipinski definition) is 1. The van der Waals surface area contributed by atoms with Gasteiger partial charge in [-0.25, -0.2) is 0 Å². The van der Waals surface area contributed by atoms with E-state index in [-0.39, 0.29) is 36.9 Å². The average Bonchev–Trinajstić information content (AvgIpc) is 2.24. The summed E-state index contributed by atoms with van der Waals surface area (Å²) in [4.78, 5) is 15.0. The molecule has 1 atom stereocenters. The fourth-order valence-corrected chi connectivity index (χ4v) is 2.62. The quantitative estimate of drug-likeness (QED) is 0.862. The second kappa shape index (κ2) is 6.96. The van der Waals surface area contributed by atoms with Crippen LogP contribution in [0.3, 0.4) is 0 Å². The molecule has 0 radical (unpaired) electrons. The van der Waals surface area contributed by atoms with E-state index >= 15 is 0 Å². The molecule has 1 fully saturated rings. The molecule has 21 heavy (non-hydrogen) atoms. The van der Waals surface area contributed by atoms with Crippen molar-refractivity contribution in [2.45, 2.75) is 45.8 Å². The summed E-state index contributed by atoms with van der Waals surface area (Å²) in [5, 5.41) is 0. The number of amides is 1. The fourth-order valence-electron chi connectivity index (χ4n) is 2.62. The number of carbonyl (C=O) groups excluding carboxylic acids is 1. The van der Waals surface area contributed by atoms with Gasteiger partial charge in [0.25, 0.3) is 0 Å². The van der Waals surface area contributed by atoms with Crippen LogP contribution in [0.15, 0.2) is 0 Å². The highest BCUT2D eigenvalue weighted by Gasteiger charge is 2.33. The third-order valence-electron chi connectivity index (χ3n) is 3.44. The molecule has 4 nitrogen and oxygen atoms in total. The summed E-state index contributed by atoms with van der Waals surface area (Å²) in [7, 11) is 0. The molecule has 1 heterocycles. The van der Waals surface area contributed by atoms with Crippen LogP contribution in [0.1, 0.15) is 33.6 Å². The molecule has 2 N–H and O–H groups in total. The number of hydrogen-bond acceptors (Lipinski definition) is 3. The van der Waals surface area contributed by atoms with Crippen LogP contribution in [0.2, 0.25) is 0 Å². The largest absolute Gasteiger partial charge is 0.401 e. The highest BCUT2D eigenvalue weighted by molar-refractivity contribution is 5.76. The fraction of sp³-hybridized carbons (Fsp3) is 0.929. The van der Waals surface area contributed by atoms with Crippen LogP contribution in [0, 0.1) is 5.41 Å². The Hall–Kier alpha value is -0.820. The molecule has 0 spiro atoms. The Morgan fingerprint density at radius 1 is 1.14 bits per heavy atom. The lowest BCUT2D eigenvalue weighted by atomic mass is 9.87. The topological polar surface area (TPSA) is 49.6 Å². The minimum atomic E-state index is -4.18. The molecule has 7 heteroatoms. The SMILES string of the molecule is CC(C)(C)CC(N)CC(=O)N1CCN(CC(F)(F)F)CC1. The maximum absolute atomic E-state index is 12.3. The van der Waals surface area contributed by atoms with Gasteiger partial charge in [-0.15, -0.1) is 0 Å². The third-order valence-corrected chi connectivity index (χ3v) is 3.44. The van der Waals surface area contributed by atoms with Gasteiger partial charge in [-0.2, -0.15) is 13.2 Å². The first-order chi connectivity index (χ1) is 9.46. The Morgan fingerprint density at radius 2 is 1.67 bits per heavy atom. The zero-order chi connectivity index (χ0) is 16.3. The van der Waals surface area contributed by atoms with Gasteiger partial charge in [-0.3, -0.25) is 9.69 Å². The number of carbonyl (C=O) groups is 1. The Bertz CT molecular complexity index is 344. The molecule has 0 aromatic rings. The van der Waals surface area contributed by atoms with Crippen molar-refractivity contribution >= 4 is 5.91 Å². The number of alkyl halides is 3. The van der Waals surface area contributed by atoms with E-state index in [1.807, 2.05) is 0 Å². The van der Waals surface area contributed by atoms with E-state index < -0.39 is 12.7 Å². The molecular weight excluding hydrogens is 283 g/mol. The molecule has 0 saturated carbocycles. The van der Waals surface area contributed by atoms with Crippen LogP contribution in [-0.4, -0.2) is 60.6 Å². The van der Waals surface area contributed by atoms with Gasteiger partial charge in [-0.05, 0) is 11.8 Å². The molecule has 1 unspecified atom stereocenters.